The maximum atomic E-state index is 10.2. The Bertz CT molecular complexity index is 464. The lowest BCUT2D eigenvalue weighted by atomic mass is 9.93. The van der Waals surface area contributed by atoms with E-state index in [0.29, 0.717) is 11.5 Å². The monoisotopic (exact) mass is 265 g/mol. The van der Waals surface area contributed by atoms with E-state index in [2.05, 4.69) is 5.16 Å². The van der Waals surface area contributed by atoms with Crippen molar-refractivity contribution < 1.29 is 15.1 Å². The van der Waals surface area contributed by atoms with Crippen molar-refractivity contribution in [1.82, 2.24) is 0 Å². The first-order valence-corrected chi connectivity index (χ1v) is 6.42. The van der Waals surface area contributed by atoms with E-state index < -0.39 is 5.60 Å². The average molecular weight is 265 g/mol. The molecule has 106 valence electrons. The number of aliphatic hydroxyl groups is 1. The van der Waals surface area contributed by atoms with Crippen LogP contribution in [-0.4, -0.2) is 28.2 Å². The van der Waals surface area contributed by atoms with E-state index >= 15 is 0 Å². The molecule has 2 N–H and O–H groups in total. The van der Waals surface area contributed by atoms with Gasteiger partial charge in [-0.2, -0.15) is 0 Å². The molecule has 0 saturated carbocycles. The summed E-state index contributed by atoms with van der Waals surface area (Å²) in [5, 5.41) is 22.3. The minimum Gasteiger partial charge on any atom is -0.490 e. The summed E-state index contributed by atoms with van der Waals surface area (Å²) in [6, 6.07) is 5.65. The highest BCUT2D eigenvalue weighted by atomic mass is 16.5. The van der Waals surface area contributed by atoms with Gasteiger partial charge >= 0.3 is 0 Å². The predicted octanol–water partition coefficient (Wildman–Crippen LogP) is 2.98. The summed E-state index contributed by atoms with van der Waals surface area (Å²) in [6.45, 7) is 9.50. The number of hydrogen-bond acceptors (Lipinski definition) is 4. The molecular weight excluding hydrogens is 242 g/mol. The van der Waals surface area contributed by atoms with Gasteiger partial charge < -0.3 is 15.1 Å². The van der Waals surface area contributed by atoms with Crippen molar-refractivity contribution in [3.05, 3.63) is 29.3 Å². The molecule has 4 nitrogen and oxygen atoms in total. The van der Waals surface area contributed by atoms with Crippen LogP contribution >= 0.6 is 0 Å². The molecule has 1 unspecified atom stereocenters. The van der Waals surface area contributed by atoms with E-state index in [1.165, 1.54) is 0 Å². The van der Waals surface area contributed by atoms with Gasteiger partial charge in [0.2, 0.25) is 0 Å². The maximum absolute atomic E-state index is 10.2. The molecule has 1 aromatic rings. The molecule has 0 aliphatic heterocycles. The van der Waals surface area contributed by atoms with Gasteiger partial charge in [0, 0.05) is 5.56 Å². The van der Waals surface area contributed by atoms with Crippen LogP contribution in [0.25, 0.3) is 0 Å². The molecule has 19 heavy (non-hydrogen) atoms. The fourth-order valence-electron chi connectivity index (χ4n) is 1.50. The number of aryl methyl sites for hydroxylation is 1. The Balaban J connectivity index is 2.96. The largest absolute Gasteiger partial charge is 0.490 e. The standard InChI is InChI=1S/C15H23NO3/c1-10(2)15(5,17)9-19-14-7-6-11(3)8-13(14)12(4)16-18/h6-8,10,17-18H,9H2,1-5H3/b16-12+. The second-order valence-electron chi connectivity index (χ2n) is 5.49. The van der Waals surface area contributed by atoms with E-state index in [4.69, 9.17) is 9.94 Å². The van der Waals surface area contributed by atoms with Crippen molar-refractivity contribution in [3.63, 3.8) is 0 Å². The van der Waals surface area contributed by atoms with Crippen LogP contribution in [0, 0.1) is 12.8 Å². The van der Waals surface area contributed by atoms with E-state index in [9.17, 15) is 5.11 Å². The van der Waals surface area contributed by atoms with Crippen molar-refractivity contribution >= 4 is 5.71 Å². The molecule has 1 aromatic carbocycles. The van der Waals surface area contributed by atoms with Gasteiger partial charge in [-0.05, 0) is 38.8 Å². The SMILES string of the molecule is C/C(=N\O)c1cc(C)ccc1OCC(C)(O)C(C)C. The Hall–Kier alpha value is -1.55. The first-order valence-electron chi connectivity index (χ1n) is 6.42. The Morgan fingerprint density at radius 3 is 2.58 bits per heavy atom. The average Bonchev–Trinajstić information content (AvgIpc) is 2.36. The molecule has 0 radical (unpaired) electrons. The summed E-state index contributed by atoms with van der Waals surface area (Å²) in [6.07, 6.45) is 0. The van der Waals surface area contributed by atoms with Crippen LogP contribution in [0.2, 0.25) is 0 Å². The van der Waals surface area contributed by atoms with Crippen LogP contribution in [0.1, 0.15) is 38.8 Å². The van der Waals surface area contributed by atoms with Crippen molar-refractivity contribution in [2.24, 2.45) is 11.1 Å². The van der Waals surface area contributed by atoms with Crippen molar-refractivity contribution in [2.75, 3.05) is 6.61 Å². The molecule has 0 saturated heterocycles. The Morgan fingerprint density at radius 2 is 2.05 bits per heavy atom. The van der Waals surface area contributed by atoms with Gasteiger partial charge in [-0.1, -0.05) is 30.6 Å². The topological polar surface area (TPSA) is 62.1 Å². The van der Waals surface area contributed by atoms with Gasteiger partial charge in [0.15, 0.2) is 0 Å². The van der Waals surface area contributed by atoms with Gasteiger partial charge in [-0.15, -0.1) is 0 Å². The number of rotatable bonds is 5. The third kappa shape index (κ3) is 3.96. The molecule has 0 heterocycles. The third-order valence-electron chi connectivity index (χ3n) is 3.44. The predicted molar refractivity (Wildman–Crippen MR) is 76.1 cm³/mol. The summed E-state index contributed by atoms with van der Waals surface area (Å²) in [5.41, 5.74) is 1.39. The smallest absolute Gasteiger partial charge is 0.128 e. The van der Waals surface area contributed by atoms with Crippen LogP contribution < -0.4 is 4.74 Å². The van der Waals surface area contributed by atoms with Crippen molar-refractivity contribution in [2.45, 2.75) is 40.2 Å². The fourth-order valence-corrected chi connectivity index (χ4v) is 1.50. The molecule has 1 rings (SSSR count). The first-order chi connectivity index (χ1) is 8.77. The molecule has 0 spiro atoms. The zero-order valence-corrected chi connectivity index (χ0v) is 12.3. The molecular formula is C15H23NO3. The lowest BCUT2D eigenvalue weighted by Gasteiger charge is -2.28. The number of nitrogens with zero attached hydrogens (tertiary/aromatic N) is 1. The van der Waals surface area contributed by atoms with Crippen LogP contribution in [0.4, 0.5) is 0 Å². The quantitative estimate of drug-likeness (QED) is 0.489. The minimum atomic E-state index is -0.896. The normalized spacial score (nSPS) is 15.4. The summed E-state index contributed by atoms with van der Waals surface area (Å²) in [5.74, 6) is 0.704. The molecule has 0 aromatic heterocycles. The number of hydrogen-bond donors (Lipinski definition) is 2. The zero-order chi connectivity index (χ0) is 14.6. The van der Waals surface area contributed by atoms with Gasteiger partial charge in [0.05, 0.1) is 11.3 Å². The summed E-state index contributed by atoms with van der Waals surface area (Å²) < 4.78 is 5.70. The van der Waals surface area contributed by atoms with Crippen LogP contribution in [0.5, 0.6) is 5.75 Å². The second-order valence-corrected chi connectivity index (χ2v) is 5.49. The van der Waals surface area contributed by atoms with E-state index in [0.717, 1.165) is 11.1 Å². The molecule has 0 fully saturated rings. The zero-order valence-electron chi connectivity index (χ0n) is 12.3. The summed E-state index contributed by atoms with van der Waals surface area (Å²) in [7, 11) is 0. The molecule has 0 amide bonds. The lowest BCUT2D eigenvalue weighted by Crippen LogP contribution is -2.38. The molecule has 0 aliphatic rings. The van der Waals surface area contributed by atoms with Crippen LogP contribution in [-0.2, 0) is 0 Å². The Labute approximate surface area is 114 Å². The third-order valence-corrected chi connectivity index (χ3v) is 3.44. The molecule has 4 heteroatoms. The van der Waals surface area contributed by atoms with Crippen LogP contribution in [0.15, 0.2) is 23.4 Å². The highest BCUT2D eigenvalue weighted by Gasteiger charge is 2.26. The summed E-state index contributed by atoms with van der Waals surface area (Å²) >= 11 is 0. The second kappa shape index (κ2) is 6.06. The number of benzene rings is 1. The van der Waals surface area contributed by atoms with E-state index in [1.807, 2.05) is 39.0 Å². The van der Waals surface area contributed by atoms with E-state index in [-0.39, 0.29) is 12.5 Å². The first kappa shape index (κ1) is 15.5. The van der Waals surface area contributed by atoms with Gasteiger partial charge in [0.25, 0.3) is 0 Å². The lowest BCUT2D eigenvalue weighted by molar-refractivity contribution is -0.0266. The van der Waals surface area contributed by atoms with Crippen molar-refractivity contribution in [3.8, 4) is 5.75 Å². The van der Waals surface area contributed by atoms with Gasteiger partial charge in [-0.3, -0.25) is 0 Å². The number of oxime groups is 1. The highest BCUT2D eigenvalue weighted by Crippen LogP contribution is 2.24. The molecule has 1 atom stereocenters. The van der Waals surface area contributed by atoms with Crippen LogP contribution in [0.3, 0.4) is 0 Å². The van der Waals surface area contributed by atoms with Crippen molar-refractivity contribution in [1.29, 1.82) is 0 Å². The minimum absolute atomic E-state index is 0.0917. The van der Waals surface area contributed by atoms with Gasteiger partial charge in [0.1, 0.15) is 12.4 Å². The fraction of sp³-hybridized carbons (Fsp3) is 0.533. The highest BCUT2D eigenvalue weighted by molar-refractivity contribution is 6.00. The Morgan fingerprint density at radius 1 is 1.42 bits per heavy atom. The number of ether oxygens (including phenoxy) is 1. The Kier molecular flexibility index (Phi) is 4.95. The van der Waals surface area contributed by atoms with E-state index in [1.54, 1.807) is 13.8 Å². The molecule has 0 bridgehead atoms. The van der Waals surface area contributed by atoms with Gasteiger partial charge in [-0.25, -0.2) is 0 Å². The molecule has 0 aliphatic carbocycles. The maximum Gasteiger partial charge on any atom is 0.128 e. The summed E-state index contributed by atoms with van der Waals surface area (Å²) in [4.78, 5) is 0.